The van der Waals surface area contributed by atoms with Crippen molar-refractivity contribution in [3.63, 3.8) is 0 Å². The second kappa shape index (κ2) is 32.4. The van der Waals surface area contributed by atoms with Crippen LogP contribution in [0.1, 0.15) is 179 Å². The average Bonchev–Trinajstić information content (AvgIpc) is 3.03. The molecule has 0 aromatic heterocycles. The minimum atomic E-state index is 0. The van der Waals surface area contributed by atoms with Gasteiger partial charge in [0.1, 0.15) is 0 Å². The van der Waals surface area contributed by atoms with Gasteiger partial charge in [0.2, 0.25) is 0 Å². The topological polar surface area (TPSA) is 81.5 Å². The second-order valence-electron chi connectivity index (χ2n) is 12.7. The van der Waals surface area contributed by atoms with Crippen LogP contribution in [-0.2, 0) is 28.2 Å². The Morgan fingerprint density at radius 2 is 0.644 bits per heavy atom. The summed E-state index contributed by atoms with van der Waals surface area (Å²) in [6, 6.07) is 17.0. The number of para-hydroxylation sites is 2. The molecule has 0 saturated carbocycles. The molecule has 0 fully saturated rings. The fraction of sp³-hybridized carbons (Fsp3) is 0.700. The number of hydrogen-bond donors (Lipinski definition) is 0. The molecule has 0 atom stereocenters. The second-order valence-corrected chi connectivity index (χ2v) is 13.3. The molecule has 0 aliphatic rings. The Hall–Kier alpha value is -1.53. The predicted octanol–water partition coefficient (Wildman–Crippen LogP) is 11.9. The Morgan fingerprint density at radius 3 is 0.956 bits per heavy atom. The van der Waals surface area contributed by atoms with Crippen LogP contribution < -0.4 is 7.70 Å². The van der Waals surface area contributed by atoms with E-state index in [9.17, 15) is 0 Å². The van der Waals surface area contributed by atoms with Crippen molar-refractivity contribution in [2.24, 2.45) is 0 Å². The molecule has 0 unspecified atom stereocenters. The summed E-state index contributed by atoms with van der Waals surface area (Å²) in [5, 5.41) is 0. The molecule has 4 nitrogen and oxygen atoms in total. The van der Waals surface area contributed by atoms with Gasteiger partial charge in [0.25, 0.3) is 0 Å². The van der Waals surface area contributed by atoms with Gasteiger partial charge in [0.05, 0.1) is 0 Å². The molecule has 0 saturated heterocycles. The summed E-state index contributed by atoms with van der Waals surface area (Å²) in [4.78, 5) is 0. The molecule has 45 heavy (non-hydrogen) atoms. The van der Waals surface area contributed by atoms with Crippen LogP contribution in [0.4, 0.5) is 0 Å². The zero-order valence-corrected chi connectivity index (χ0v) is 30.2. The van der Waals surface area contributed by atoms with E-state index in [1.807, 2.05) is 0 Å². The van der Waals surface area contributed by atoms with Crippen LogP contribution in [0.2, 0.25) is 0 Å². The fourth-order valence-electron chi connectivity index (χ4n) is 5.94. The van der Waals surface area contributed by atoms with Crippen LogP contribution in [0, 0.1) is 0 Å². The number of hydrogen-bond acceptors (Lipinski definition) is 2. The van der Waals surface area contributed by atoms with Crippen molar-refractivity contribution in [3.8, 4) is 11.5 Å². The van der Waals surface area contributed by atoms with E-state index in [-0.39, 0.29) is 11.0 Å². The minimum Gasteiger partial charge on any atom is -0.412 e. The normalized spacial score (nSPS) is 10.8. The predicted molar refractivity (Wildman–Crippen MR) is 191 cm³/mol. The smallest absolute Gasteiger partial charge is 0.412 e. The number of benzene rings is 2. The van der Waals surface area contributed by atoms with Gasteiger partial charge in [-0.3, -0.25) is 0 Å². The molecular weight excluding hydrogens is 603 g/mol. The van der Waals surface area contributed by atoms with Crippen molar-refractivity contribution in [1.29, 1.82) is 0 Å². The Bertz CT molecular complexity index is 819. The van der Waals surface area contributed by atoms with E-state index in [1.54, 1.807) is 0 Å². The van der Waals surface area contributed by atoms with Crippen LogP contribution in [0.5, 0.6) is 11.5 Å². The molecule has 0 heterocycles. The minimum absolute atomic E-state index is 0. The molecule has 0 aliphatic heterocycles. The Balaban J connectivity index is 0.00000968. The summed E-state index contributed by atoms with van der Waals surface area (Å²) in [7, 11) is 0. The Kier molecular flexibility index (Phi) is 31.3. The Morgan fingerprint density at radius 1 is 0.378 bits per heavy atom. The van der Waals surface area contributed by atoms with Gasteiger partial charge in [-0.2, -0.15) is 0 Å². The number of rotatable bonds is 30. The molecule has 0 aliphatic carbocycles. The van der Waals surface area contributed by atoms with E-state index in [2.05, 4.69) is 62.4 Å². The third kappa shape index (κ3) is 23.4. The molecule has 2 aromatic carbocycles. The molecule has 0 amide bonds. The van der Waals surface area contributed by atoms with E-state index in [0.717, 1.165) is 24.3 Å². The van der Waals surface area contributed by atoms with Crippen LogP contribution in [-0.4, -0.2) is 11.0 Å². The van der Waals surface area contributed by atoms with E-state index in [4.69, 9.17) is 7.70 Å². The standard InChI is InChI=1S/2C20H34O.Co.2H2O/c2*1-2-3-4-5-6-7-8-9-10-11-12-13-16-19-17-14-15-18-20(19)21;;;/h2*14-15,17-18,21H,2-13,16H2,1H3;;2*1H2/q;;+2;;/p-2. The molecule has 0 spiro atoms. The van der Waals surface area contributed by atoms with Crippen LogP contribution in [0.15, 0.2) is 48.5 Å². The SMILES string of the molecule is CCCCCCCCCCCCCCc1ccccc1[O][Co][O]c1ccccc1CCCCCCCCCCCCCC.O.O. The first-order chi connectivity index (χ1) is 21.3. The van der Waals surface area contributed by atoms with Crippen molar-refractivity contribution in [2.45, 2.75) is 181 Å². The first-order valence-corrected chi connectivity index (χ1v) is 19.3. The zero-order chi connectivity index (χ0) is 30.5. The summed E-state index contributed by atoms with van der Waals surface area (Å²) < 4.78 is 12.2. The molecule has 0 bridgehead atoms. The van der Waals surface area contributed by atoms with Gasteiger partial charge in [-0.25, -0.2) is 0 Å². The maximum absolute atomic E-state index is 6.12. The van der Waals surface area contributed by atoms with Gasteiger partial charge >= 0.3 is 210 Å². The van der Waals surface area contributed by atoms with E-state index >= 15 is 0 Å². The summed E-state index contributed by atoms with van der Waals surface area (Å²) in [5.74, 6) is 1.92. The molecule has 2 aromatic rings. The summed E-state index contributed by atoms with van der Waals surface area (Å²) in [6.07, 6.45) is 35.4. The maximum atomic E-state index is 6.12. The summed E-state index contributed by atoms with van der Waals surface area (Å²) in [5.41, 5.74) is 2.60. The van der Waals surface area contributed by atoms with Crippen LogP contribution in [0.25, 0.3) is 0 Å². The average molecular weight is 674 g/mol. The fourth-order valence-corrected chi connectivity index (χ4v) is 6.59. The van der Waals surface area contributed by atoms with Gasteiger partial charge in [-0.1, -0.05) is 65.2 Å². The third-order valence-corrected chi connectivity index (χ3v) is 9.38. The summed E-state index contributed by atoms with van der Waals surface area (Å²) in [6.45, 7) is 4.59. The van der Waals surface area contributed by atoms with Crippen molar-refractivity contribution in [3.05, 3.63) is 59.7 Å². The molecule has 4 N–H and O–H groups in total. The van der Waals surface area contributed by atoms with Crippen LogP contribution in [0.3, 0.4) is 0 Å². The van der Waals surface area contributed by atoms with Gasteiger partial charge in [-0.15, -0.1) is 0 Å². The first-order valence-electron chi connectivity index (χ1n) is 18.5. The summed E-state index contributed by atoms with van der Waals surface area (Å²) >= 11 is 0.584. The van der Waals surface area contributed by atoms with Crippen molar-refractivity contribution in [2.75, 3.05) is 0 Å². The van der Waals surface area contributed by atoms with E-state index in [0.29, 0.717) is 15.3 Å². The van der Waals surface area contributed by atoms with Gasteiger partial charge in [0.15, 0.2) is 0 Å². The third-order valence-electron chi connectivity index (χ3n) is 8.75. The van der Waals surface area contributed by atoms with Crippen molar-refractivity contribution in [1.82, 2.24) is 0 Å². The van der Waals surface area contributed by atoms with Crippen LogP contribution >= 0.6 is 0 Å². The molecule has 0 radical (unpaired) electrons. The van der Waals surface area contributed by atoms with Gasteiger partial charge in [0, 0.05) is 0 Å². The number of aryl methyl sites for hydroxylation is 2. The van der Waals surface area contributed by atoms with E-state index in [1.165, 1.54) is 165 Å². The monoisotopic (exact) mass is 673 g/mol. The van der Waals surface area contributed by atoms with Crippen molar-refractivity contribution < 1.29 is 34.0 Å². The van der Waals surface area contributed by atoms with E-state index < -0.39 is 0 Å². The number of unbranched alkanes of at least 4 members (excludes halogenated alkanes) is 22. The zero-order valence-electron chi connectivity index (χ0n) is 29.2. The van der Waals surface area contributed by atoms with Crippen molar-refractivity contribution >= 4 is 0 Å². The van der Waals surface area contributed by atoms with Gasteiger partial charge < -0.3 is 11.0 Å². The van der Waals surface area contributed by atoms with Gasteiger partial charge in [-0.05, 0) is 0 Å². The molecular formula is C40H70CoO4. The molecule has 5 heteroatoms. The molecule has 2 rings (SSSR count). The Labute approximate surface area is 285 Å². The molecule has 263 valence electrons. The first kappa shape index (κ1) is 43.5. The quantitative estimate of drug-likeness (QED) is 0.0773.